The van der Waals surface area contributed by atoms with Crippen molar-refractivity contribution in [3.8, 4) is 16.5 Å². The first kappa shape index (κ1) is 28.6. The molecule has 0 saturated carbocycles. The van der Waals surface area contributed by atoms with Gasteiger partial charge in [-0.1, -0.05) is 18.2 Å². The quantitative estimate of drug-likeness (QED) is 0.251. The van der Waals surface area contributed by atoms with Crippen LogP contribution < -0.4 is 9.62 Å². The number of allylic oxidation sites excluding steroid dienone is 1. The molecule has 13 heteroatoms. The lowest BCUT2D eigenvalue weighted by molar-refractivity contribution is -0.251. The Balaban J connectivity index is 1.34. The second-order valence-corrected chi connectivity index (χ2v) is 12.3. The van der Waals surface area contributed by atoms with Crippen LogP contribution in [-0.4, -0.2) is 92.4 Å². The summed E-state index contributed by atoms with van der Waals surface area (Å²) in [5.74, 6) is 0. The number of hydrogen-bond donors (Lipinski definition) is 5. The van der Waals surface area contributed by atoms with E-state index in [0.29, 0.717) is 18.1 Å². The number of sulfonamides is 1. The zero-order valence-corrected chi connectivity index (χ0v) is 22.9. The van der Waals surface area contributed by atoms with Crippen LogP contribution in [0.3, 0.4) is 0 Å². The number of anilines is 1. The number of aliphatic hydroxyl groups excluding tert-OH is 4. The number of aliphatic hydroxyl groups is 4. The molecule has 2 fully saturated rings. The third-order valence-electron chi connectivity index (χ3n) is 6.98. The van der Waals surface area contributed by atoms with E-state index in [2.05, 4.69) is 29.2 Å². The van der Waals surface area contributed by atoms with Crippen molar-refractivity contribution in [2.24, 2.45) is 0 Å². The first-order chi connectivity index (χ1) is 19.2. The number of benzene rings is 2. The molecule has 5 rings (SSSR count). The number of morpholine rings is 1. The van der Waals surface area contributed by atoms with Crippen LogP contribution in [0.2, 0.25) is 0 Å². The van der Waals surface area contributed by atoms with Crippen LogP contribution in [0.1, 0.15) is 4.88 Å². The summed E-state index contributed by atoms with van der Waals surface area (Å²) in [5, 5.41) is 51.4. The van der Waals surface area contributed by atoms with E-state index >= 15 is 0 Å². The molecule has 40 heavy (non-hydrogen) atoms. The molecule has 5 N–H and O–H groups in total. The first-order valence-electron chi connectivity index (χ1n) is 12.6. The molecule has 2 aliphatic rings. The second kappa shape index (κ2) is 11.9. The molecule has 0 spiro atoms. The number of ether oxygens (including phenoxy) is 2. The van der Waals surface area contributed by atoms with Gasteiger partial charge in [-0.3, -0.25) is 0 Å². The minimum atomic E-state index is -4.51. The van der Waals surface area contributed by atoms with Crippen molar-refractivity contribution in [1.82, 2.24) is 4.72 Å². The zero-order valence-electron chi connectivity index (χ0n) is 21.3. The Morgan fingerprint density at radius 2 is 1.80 bits per heavy atom. The Hall–Kier alpha value is -2.90. The fourth-order valence-electron chi connectivity index (χ4n) is 4.76. The number of thiophene rings is 1. The summed E-state index contributed by atoms with van der Waals surface area (Å²) in [4.78, 5) is 3.02. The van der Waals surface area contributed by atoms with Gasteiger partial charge >= 0.3 is 0 Å². The molecule has 2 saturated heterocycles. The molecule has 0 amide bonds. The molecule has 3 heterocycles. The topological polar surface area (TPSA) is 173 Å². The maximum Gasteiger partial charge on any atom is 0.251 e. The van der Waals surface area contributed by atoms with E-state index in [9.17, 15) is 34.1 Å². The van der Waals surface area contributed by atoms with Crippen molar-refractivity contribution in [2.75, 3.05) is 37.8 Å². The van der Waals surface area contributed by atoms with Gasteiger partial charge < -0.3 is 34.8 Å². The van der Waals surface area contributed by atoms with Crippen LogP contribution >= 0.6 is 11.3 Å². The molecule has 5 atom stereocenters. The first-order valence-corrected chi connectivity index (χ1v) is 14.9. The van der Waals surface area contributed by atoms with Gasteiger partial charge in [0.15, 0.2) is 11.2 Å². The van der Waals surface area contributed by atoms with Crippen LogP contribution in [0.25, 0.3) is 27.3 Å². The third-order valence-corrected chi connectivity index (χ3v) is 9.43. The van der Waals surface area contributed by atoms with E-state index in [4.69, 9.17) is 9.47 Å². The largest absolute Gasteiger partial charge is 0.394 e. The molecule has 1 unspecified atom stereocenters. The van der Waals surface area contributed by atoms with Crippen molar-refractivity contribution in [1.29, 1.82) is 5.26 Å². The Morgan fingerprint density at radius 3 is 2.52 bits per heavy atom. The zero-order chi connectivity index (χ0) is 28.4. The van der Waals surface area contributed by atoms with Gasteiger partial charge in [-0.15, -0.1) is 11.3 Å². The van der Waals surface area contributed by atoms with E-state index < -0.39 is 52.2 Å². The highest BCUT2D eigenvalue weighted by Gasteiger charge is 2.45. The highest BCUT2D eigenvalue weighted by molar-refractivity contribution is 7.93. The standard InChI is InChI=1S/C27H29N3O8S2/c28-14-21(40(35,36)29-24-26(33)25(32)22(15-31)38-27(24)34)13-20-5-6-23(39-20)18-2-1-17-12-19(4-3-16(17)11-18)30-7-9-37-10-8-30/h1-6,11-13,22,24-27,29,31-34H,7-10,15H2/b21-13+/t22-,24-,25-,26-,27?/m1/s1. The molecule has 2 aromatic carbocycles. The number of fused-ring (bicyclic) bond motifs is 1. The monoisotopic (exact) mass is 587 g/mol. The van der Waals surface area contributed by atoms with E-state index in [1.807, 2.05) is 22.9 Å². The maximum atomic E-state index is 12.9. The SMILES string of the molecule is N#C/C(=C\c1ccc(-c2ccc3cc(N4CCOCC4)ccc3c2)s1)S(=O)(=O)N[C@H]1C(O)O[C@H](CO)[C@@H](O)[C@@H]1O. The van der Waals surface area contributed by atoms with Crippen LogP contribution in [0, 0.1) is 11.3 Å². The Bertz CT molecular complexity index is 1540. The normalized spacial score (nSPS) is 26.1. The van der Waals surface area contributed by atoms with Crippen molar-refractivity contribution < 1.29 is 38.3 Å². The Labute approximate surface area is 235 Å². The van der Waals surface area contributed by atoms with Crippen LogP contribution in [0.15, 0.2) is 53.4 Å². The minimum absolute atomic E-state index is 0.501. The second-order valence-electron chi connectivity index (χ2n) is 9.54. The van der Waals surface area contributed by atoms with Gasteiger partial charge in [0.1, 0.15) is 30.4 Å². The molecule has 2 aliphatic heterocycles. The molecule has 1 aromatic heterocycles. The summed E-state index contributed by atoms with van der Waals surface area (Å²) >= 11 is 1.30. The maximum absolute atomic E-state index is 12.9. The molecule has 11 nitrogen and oxygen atoms in total. The number of rotatable bonds is 7. The lowest BCUT2D eigenvalue weighted by Gasteiger charge is -2.40. The van der Waals surface area contributed by atoms with E-state index in [-0.39, 0.29) is 0 Å². The Kier molecular flexibility index (Phi) is 8.52. The Morgan fingerprint density at radius 1 is 1.07 bits per heavy atom. The minimum Gasteiger partial charge on any atom is -0.394 e. The predicted molar refractivity (Wildman–Crippen MR) is 150 cm³/mol. The van der Waals surface area contributed by atoms with Gasteiger partial charge in [-0.05, 0) is 52.7 Å². The highest BCUT2D eigenvalue weighted by Crippen LogP contribution is 2.33. The molecular formula is C27H29N3O8S2. The van der Waals surface area contributed by atoms with Crippen LogP contribution in [0.5, 0.6) is 0 Å². The highest BCUT2D eigenvalue weighted by atomic mass is 32.2. The van der Waals surface area contributed by atoms with Gasteiger partial charge in [-0.2, -0.15) is 9.98 Å². The molecular weight excluding hydrogens is 558 g/mol. The number of nitrogens with one attached hydrogen (secondary N) is 1. The van der Waals surface area contributed by atoms with E-state index in [1.54, 1.807) is 12.1 Å². The summed E-state index contributed by atoms with van der Waals surface area (Å²) in [5.41, 5.74) is 2.09. The summed E-state index contributed by atoms with van der Waals surface area (Å²) < 4.78 is 38.3. The number of hydrogen-bond acceptors (Lipinski definition) is 11. The fourth-order valence-corrected chi connectivity index (χ4v) is 6.92. The van der Waals surface area contributed by atoms with Gasteiger partial charge in [0.25, 0.3) is 10.0 Å². The van der Waals surface area contributed by atoms with Crippen molar-refractivity contribution in [2.45, 2.75) is 30.6 Å². The van der Waals surface area contributed by atoms with Crippen molar-refractivity contribution >= 4 is 43.9 Å². The molecule has 212 valence electrons. The summed E-state index contributed by atoms with van der Waals surface area (Å²) in [6.07, 6.45) is -5.37. The predicted octanol–water partition coefficient (Wildman–Crippen LogP) is 0.989. The van der Waals surface area contributed by atoms with Gasteiger partial charge in [0, 0.05) is 28.5 Å². The molecule has 0 aliphatic carbocycles. The average Bonchev–Trinajstić information content (AvgIpc) is 3.44. The van der Waals surface area contributed by atoms with Crippen molar-refractivity contribution in [3.63, 3.8) is 0 Å². The molecule has 3 aromatic rings. The fraction of sp³-hybridized carbons (Fsp3) is 0.370. The third kappa shape index (κ3) is 5.91. The smallest absolute Gasteiger partial charge is 0.251 e. The number of nitrogens with zero attached hydrogens (tertiary/aromatic N) is 2. The number of nitriles is 1. The summed E-state index contributed by atoms with van der Waals surface area (Å²) in [6.45, 7) is 2.44. The average molecular weight is 588 g/mol. The van der Waals surface area contributed by atoms with Crippen LogP contribution in [-0.2, 0) is 19.5 Å². The lowest BCUT2D eigenvalue weighted by Crippen LogP contribution is -2.64. The van der Waals surface area contributed by atoms with E-state index in [1.165, 1.54) is 17.4 Å². The van der Waals surface area contributed by atoms with Crippen LogP contribution in [0.4, 0.5) is 5.69 Å². The van der Waals surface area contributed by atoms with Gasteiger partial charge in [-0.25, -0.2) is 8.42 Å². The van der Waals surface area contributed by atoms with E-state index in [0.717, 1.165) is 40.0 Å². The van der Waals surface area contributed by atoms with Gasteiger partial charge in [0.05, 0.1) is 19.8 Å². The summed E-state index contributed by atoms with van der Waals surface area (Å²) in [7, 11) is -4.51. The molecule has 0 radical (unpaired) electrons. The molecule has 0 bridgehead atoms. The van der Waals surface area contributed by atoms with Gasteiger partial charge in [0.2, 0.25) is 0 Å². The van der Waals surface area contributed by atoms with Crippen molar-refractivity contribution in [3.05, 3.63) is 58.3 Å². The lowest BCUT2D eigenvalue weighted by atomic mass is 9.98. The summed E-state index contributed by atoms with van der Waals surface area (Å²) in [6, 6.07) is 15.9.